The number of rotatable bonds is 8. The number of nitrogens with two attached hydrogens (primary N) is 1. The van der Waals surface area contributed by atoms with Crippen LogP contribution < -0.4 is 5.73 Å². The van der Waals surface area contributed by atoms with E-state index in [9.17, 15) is 0 Å². The van der Waals surface area contributed by atoms with E-state index < -0.39 is 0 Å². The maximum Gasteiger partial charge on any atom is 0.0513 e. The Morgan fingerprint density at radius 1 is 1.19 bits per heavy atom. The molecule has 1 heterocycles. The first-order valence-corrected chi connectivity index (χ1v) is 8.48. The van der Waals surface area contributed by atoms with Crippen LogP contribution in [0, 0.1) is 5.92 Å². The Labute approximate surface area is 129 Å². The third-order valence-electron chi connectivity index (χ3n) is 4.41. The highest BCUT2D eigenvalue weighted by atomic mass is 15.0. The Bertz CT molecular complexity index is 554. The molecule has 0 aliphatic rings. The molecule has 1 aromatic heterocycles. The number of hydrogen-bond acceptors (Lipinski definition) is 1. The van der Waals surface area contributed by atoms with Crippen LogP contribution in [0.25, 0.3) is 10.9 Å². The van der Waals surface area contributed by atoms with E-state index in [2.05, 4.69) is 55.8 Å². The van der Waals surface area contributed by atoms with E-state index in [-0.39, 0.29) is 6.04 Å². The summed E-state index contributed by atoms with van der Waals surface area (Å²) in [6.07, 6.45) is 8.43. The molecule has 0 radical (unpaired) electrons. The van der Waals surface area contributed by atoms with Crippen molar-refractivity contribution in [3.63, 3.8) is 0 Å². The van der Waals surface area contributed by atoms with Crippen LogP contribution in [0.1, 0.15) is 52.0 Å². The Kier molecular flexibility index (Phi) is 5.86. The molecule has 2 N–H and O–H groups in total. The van der Waals surface area contributed by atoms with E-state index in [1.165, 1.54) is 42.1 Å². The van der Waals surface area contributed by atoms with Gasteiger partial charge in [-0.2, -0.15) is 0 Å². The highest BCUT2D eigenvalue weighted by Gasteiger charge is 2.12. The van der Waals surface area contributed by atoms with Crippen molar-refractivity contribution in [1.82, 2.24) is 4.57 Å². The van der Waals surface area contributed by atoms with Gasteiger partial charge >= 0.3 is 0 Å². The van der Waals surface area contributed by atoms with Crippen LogP contribution in [0.2, 0.25) is 0 Å². The van der Waals surface area contributed by atoms with Crippen LogP contribution >= 0.6 is 0 Å². The van der Waals surface area contributed by atoms with Gasteiger partial charge in [-0.25, -0.2) is 0 Å². The molecule has 2 nitrogen and oxygen atoms in total. The van der Waals surface area contributed by atoms with Crippen LogP contribution in [0.3, 0.4) is 0 Å². The maximum atomic E-state index is 6.02. The van der Waals surface area contributed by atoms with E-state index in [0.717, 1.165) is 18.9 Å². The van der Waals surface area contributed by atoms with Crippen molar-refractivity contribution >= 4 is 10.9 Å². The summed E-state index contributed by atoms with van der Waals surface area (Å²) in [5.74, 6) is 0.781. The monoisotopic (exact) mass is 286 g/mol. The van der Waals surface area contributed by atoms with Crippen molar-refractivity contribution in [3.8, 4) is 0 Å². The van der Waals surface area contributed by atoms with Gasteiger partial charge in [0.05, 0.1) is 5.52 Å². The summed E-state index contributed by atoms with van der Waals surface area (Å²) >= 11 is 0. The number of aromatic nitrogens is 1. The molecule has 21 heavy (non-hydrogen) atoms. The van der Waals surface area contributed by atoms with Crippen molar-refractivity contribution in [3.05, 3.63) is 36.0 Å². The Hall–Kier alpha value is -1.28. The minimum atomic E-state index is 0.209. The van der Waals surface area contributed by atoms with Gasteiger partial charge in [-0.1, -0.05) is 51.3 Å². The second-order valence-electron chi connectivity index (χ2n) is 6.42. The fourth-order valence-electron chi connectivity index (χ4n) is 3.20. The molecule has 2 unspecified atom stereocenters. The molecule has 0 saturated heterocycles. The molecule has 116 valence electrons. The van der Waals surface area contributed by atoms with Gasteiger partial charge in [-0.05, 0) is 42.7 Å². The molecular formula is C19H30N2. The van der Waals surface area contributed by atoms with E-state index in [4.69, 9.17) is 5.73 Å². The fourth-order valence-corrected chi connectivity index (χ4v) is 3.20. The quantitative estimate of drug-likeness (QED) is 0.746. The van der Waals surface area contributed by atoms with Gasteiger partial charge in [0.25, 0.3) is 0 Å². The predicted molar refractivity (Wildman–Crippen MR) is 92.6 cm³/mol. The van der Waals surface area contributed by atoms with Crippen molar-refractivity contribution in [2.75, 3.05) is 0 Å². The lowest BCUT2D eigenvalue weighted by Crippen LogP contribution is -2.18. The normalized spacial score (nSPS) is 14.5. The highest BCUT2D eigenvalue weighted by Crippen LogP contribution is 2.24. The summed E-state index contributed by atoms with van der Waals surface area (Å²) in [5, 5.41) is 1.35. The molecule has 2 rings (SSSR count). The second kappa shape index (κ2) is 7.65. The van der Waals surface area contributed by atoms with Crippen LogP contribution in [0.4, 0.5) is 0 Å². The molecule has 0 spiro atoms. The molecule has 2 aromatic rings. The van der Waals surface area contributed by atoms with Crippen LogP contribution in [-0.2, 0) is 13.0 Å². The molecule has 1 aromatic carbocycles. The lowest BCUT2D eigenvalue weighted by atomic mass is 9.99. The molecule has 0 bridgehead atoms. The summed E-state index contributed by atoms with van der Waals surface area (Å²) in [6.45, 7) is 7.81. The Morgan fingerprint density at radius 3 is 2.67 bits per heavy atom. The fraction of sp³-hybridized carbons (Fsp3) is 0.579. The van der Waals surface area contributed by atoms with Gasteiger partial charge in [0.2, 0.25) is 0 Å². The van der Waals surface area contributed by atoms with Gasteiger partial charge < -0.3 is 10.3 Å². The van der Waals surface area contributed by atoms with Crippen molar-refractivity contribution in [1.29, 1.82) is 0 Å². The minimum Gasteiger partial charge on any atom is -0.347 e. The SMILES string of the molecule is CCCCC(CC)Cn1ccc2cccc(CC(C)N)c21. The van der Waals surface area contributed by atoms with Gasteiger partial charge in [-0.3, -0.25) is 0 Å². The number of fused-ring (bicyclic) bond motifs is 1. The summed E-state index contributed by atoms with van der Waals surface area (Å²) in [4.78, 5) is 0. The summed E-state index contributed by atoms with van der Waals surface area (Å²) in [5.41, 5.74) is 8.80. The minimum absolute atomic E-state index is 0.209. The molecule has 0 amide bonds. The van der Waals surface area contributed by atoms with Gasteiger partial charge in [0, 0.05) is 18.8 Å². The van der Waals surface area contributed by atoms with Crippen molar-refractivity contribution < 1.29 is 0 Å². The van der Waals surface area contributed by atoms with E-state index in [0.29, 0.717) is 0 Å². The maximum absolute atomic E-state index is 6.02. The van der Waals surface area contributed by atoms with Crippen molar-refractivity contribution in [2.24, 2.45) is 11.7 Å². The lowest BCUT2D eigenvalue weighted by Gasteiger charge is -2.18. The Morgan fingerprint density at radius 2 is 2.00 bits per heavy atom. The third-order valence-corrected chi connectivity index (χ3v) is 4.41. The lowest BCUT2D eigenvalue weighted by molar-refractivity contribution is 0.396. The Balaban J connectivity index is 2.26. The van der Waals surface area contributed by atoms with E-state index >= 15 is 0 Å². The van der Waals surface area contributed by atoms with Gasteiger partial charge in [0.15, 0.2) is 0 Å². The van der Waals surface area contributed by atoms with E-state index in [1.807, 2.05) is 0 Å². The summed E-state index contributed by atoms with van der Waals surface area (Å²) in [7, 11) is 0. The average molecular weight is 286 g/mol. The van der Waals surface area contributed by atoms with Crippen LogP contribution in [0.5, 0.6) is 0 Å². The first-order chi connectivity index (χ1) is 10.2. The average Bonchev–Trinajstić information content (AvgIpc) is 2.87. The van der Waals surface area contributed by atoms with Gasteiger partial charge in [0.1, 0.15) is 0 Å². The van der Waals surface area contributed by atoms with E-state index in [1.54, 1.807) is 0 Å². The zero-order valence-electron chi connectivity index (χ0n) is 13.8. The molecule has 0 aliphatic heterocycles. The number of unbranched alkanes of at least 4 members (excludes halogenated alkanes) is 1. The number of para-hydroxylation sites is 1. The van der Waals surface area contributed by atoms with Gasteiger partial charge in [-0.15, -0.1) is 0 Å². The molecule has 2 atom stereocenters. The zero-order chi connectivity index (χ0) is 15.2. The second-order valence-corrected chi connectivity index (χ2v) is 6.42. The smallest absolute Gasteiger partial charge is 0.0513 e. The van der Waals surface area contributed by atoms with Crippen LogP contribution in [0.15, 0.2) is 30.5 Å². The number of hydrogen-bond donors (Lipinski definition) is 1. The molecule has 0 aliphatic carbocycles. The molecule has 0 saturated carbocycles. The predicted octanol–water partition coefficient (Wildman–Crippen LogP) is 4.75. The first kappa shape index (κ1) is 16.1. The zero-order valence-corrected chi connectivity index (χ0v) is 13.8. The summed E-state index contributed by atoms with van der Waals surface area (Å²) in [6, 6.07) is 9.05. The standard InChI is InChI=1S/C19H30N2/c1-4-6-8-16(5-2)14-21-12-11-17-9-7-10-18(19(17)21)13-15(3)20/h7,9-12,15-16H,4-6,8,13-14,20H2,1-3H3. The largest absolute Gasteiger partial charge is 0.347 e. The topological polar surface area (TPSA) is 30.9 Å². The summed E-state index contributed by atoms with van der Waals surface area (Å²) < 4.78 is 2.46. The first-order valence-electron chi connectivity index (χ1n) is 8.48. The number of benzene rings is 1. The molecular weight excluding hydrogens is 256 g/mol. The highest BCUT2D eigenvalue weighted by molar-refractivity contribution is 5.83. The van der Waals surface area contributed by atoms with Crippen molar-refractivity contribution in [2.45, 2.75) is 65.5 Å². The molecule has 0 fully saturated rings. The third kappa shape index (κ3) is 4.10. The van der Waals surface area contributed by atoms with Crippen LogP contribution in [-0.4, -0.2) is 10.6 Å². The number of nitrogens with zero attached hydrogens (tertiary/aromatic N) is 1. The molecule has 2 heteroatoms.